The molecule has 0 radical (unpaired) electrons. The summed E-state index contributed by atoms with van der Waals surface area (Å²) in [6.07, 6.45) is 0.548. The third-order valence-corrected chi connectivity index (χ3v) is 5.20. The van der Waals surface area contributed by atoms with Crippen LogP contribution in [0.25, 0.3) is 16.3 Å². The van der Waals surface area contributed by atoms with Gasteiger partial charge in [0.25, 0.3) is 0 Å². The summed E-state index contributed by atoms with van der Waals surface area (Å²) in [5.74, 6) is -1.93. The maximum absolute atomic E-state index is 14.3. The molecule has 0 atom stereocenters. The van der Waals surface area contributed by atoms with Gasteiger partial charge in [-0.25, -0.2) is 18.3 Å². The van der Waals surface area contributed by atoms with Gasteiger partial charge in [0.05, 0.1) is 17.2 Å². The van der Waals surface area contributed by atoms with Gasteiger partial charge in [-0.05, 0) is 37.6 Å². The number of aryl methyl sites for hydroxylation is 1. The number of hydrogen-bond acceptors (Lipinski definition) is 4. The van der Waals surface area contributed by atoms with E-state index in [0.717, 1.165) is 26.9 Å². The number of carbonyl (C=O) groups is 1. The summed E-state index contributed by atoms with van der Waals surface area (Å²) < 4.78 is 34.1. The second-order valence-electron chi connectivity index (χ2n) is 5.79. The van der Waals surface area contributed by atoms with Gasteiger partial charge >= 0.3 is 5.97 Å². The van der Waals surface area contributed by atoms with Crippen molar-refractivity contribution < 1.29 is 18.3 Å². The lowest BCUT2D eigenvalue weighted by atomic mass is 10.1. The fourth-order valence-electron chi connectivity index (χ4n) is 3.13. The number of benzene rings is 1. The van der Waals surface area contributed by atoms with Crippen molar-refractivity contribution in [1.29, 1.82) is 0 Å². The first-order valence-electron chi connectivity index (χ1n) is 7.83. The van der Waals surface area contributed by atoms with Crippen LogP contribution in [-0.2, 0) is 11.2 Å². The largest absolute Gasteiger partial charge is 0.461 e. The first-order valence-corrected chi connectivity index (χ1v) is 8.65. The van der Waals surface area contributed by atoms with Crippen LogP contribution in [0.4, 0.5) is 8.78 Å². The van der Waals surface area contributed by atoms with Gasteiger partial charge in [-0.3, -0.25) is 0 Å². The number of fused-ring (bicyclic) bond motifs is 3. The molecule has 0 aliphatic heterocycles. The summed E-state index contributed by atoms with van der Waals surface area (Å²) in [5.41, 5.74) is 2.77. The predicted octanol–water partition coefficient (Wildman–Crippen LogP) is 4.27. The first kappa shape index (κ1) is 16.0. The van der Waals surface area contributed by atoms with Crippen molar-refractivity contribution in [1.82, 2.24) is 9.78 Å². The van der Waals surface area contributed by atoms with Crippen LogP contribution in [0.1, 0.15) is 33.4 Å². The second kappa shape index (κ2) is 5.77. The Labute approximate surface area is 146 Å². The lowest BCUT2D eigenvalue weighted by molar-refractivity contribution is 0.0518. The molecule has 0 amide bonds. The van der Waals surface area contributed by atoms with E-state index in [0.29, 0.717) is 12.1 Å². The second-order valence-corrected chi connectivity index (χ2v) is 7.05. The smallest absolute Gasteiger partial charge is 0.359 e. The van der Waals surface area contributed by atoms with Gasteiger partial charge < -0.3 is 4.74 Å². The Morgan fingerprint density at radius 3 is 2.88 bits per heavy atom. The summed E-state index contributed by atoms with van der Waals surface area (Å²) in [6, 6.07) is 5.36. The summed E-state index contributed by atoms with van der Waals surface area (Å²) >= 11 is 1.57. The van der Waals surface area contributed by atoms with Crippen LogP contribution in [0, 0.1) is 18.6 Å². The van der Waals surface area contributed by atoms with Crippen LogP contribution in [0.3, 0.4) is 0 Å². The van der Waals surface area contributed by atoms with Crippen LogP contribution in [0.15, 0.2) is 24.3 Å². The number of thiophene rings is 1. The SMILES string of the molecule is CCOC(=O)c1nn(-c2ccc(F)cc2F)c2c1Cc1cc(C)sc1-2. The van der Waals surface area contributed by atoms with E-state index < -0.39 is 17.6 Å². The summed E-state index contributed by atoms with van der Waals surface area (Å²) in [6.45, 7) is 3.94. The van der Waals surface area contributed by atoms with Crippen molar-refractivity contribution in [2.24, 2.45) is 0 Å². The summed E-state index contributed by atoms with van der Waals surface area (Å²) in [7, 11) is 0. The molecule has 1 aromatic carbocycles. The Morgan fingerprint density at radius 1 is 1.36 bits per heavy atom. The number of carbonyl (C=O) groups excluding carboxylic acids is 1. The molecular formula is C18H14F2N2O2S. The zero-order valence-electron chi connectivity index (χ0n) is 13.6. The van der Waals surface area contributed by atoms with Crippen molar-refractivity contribution in [2.75, 3.05) is 6.61 Å². The van der Waals surface area contributed by atoms with Gasteiger partial charge in [0, 0.05) is 22.9 Å². The molecule has 2 aromatic heterocycles. The molecule has 1 aliphatic carbocycles. The molecule has 7 heteroatoms. The molecule has 4 rings (SSSR count). The van der Waals surface area contributed by atoms with Crippen molar-refractivity contribution in [3.63, 3.8) is 0 Å². The maximum Gasteiger partial charge on any atom is 0.359 e. The normalized spacial score (nSPS) is 12.2. The van der Waals surface area contributed by atoms with Crippen molar-refractivity contribution >= 4 is 17.3 Å². The lowest BCUT2D eigenvalue weighted by Crippen LogP contribution is -2.09. The third kappa shape index (κ3) is 2.46. The van der Waals surface area contributed by atoms with E-state index in [-0.39, 0.29) is 18.0 Å². The number of rotatable bonds is 3. The van der Waals surface area contributed by atoms with Gasteiger partial charge in [-0.1, -0.05) is 0 Å². The highest BCUT2D eigenvalue weighted by molar-refractivity contribution is 7.15. The minimum Gasteiger partial charge on any atom is -0.461 e. The van der Waals surface area contributed by atoms with Crippen LogP contribution < -0.4 is 0 Å². The Balaban J connectivity index is 1.96. The van der Waals surface area contributed by atoms with E-state index in [9.17, 15) is 13.6 Å². The van der Waals surface area contributed by atoms with Gasteiger partial charge in [0.1, 0.15) is 11.5 Å². The van der Waals surface area contributed by atoms with E-state index in [4.69, 9.17) is 4.74 Å². The van der Waals surface area contributed by atoms with Crippen molar-refractivity contribution in [2.45, 2.75) is 20.3 Å². The lowest BCUT2D eigenvalue weighted by Gasteiger charge is -2.07. The molecule has 0 N–H and O–H groups in total. The number of esters is 1. The van der Waals surface area contributed by atoms with Gasteiger partial charge in [-0.2, -0.15) is 5.10 Å². The summed E-state index contributed by atoms with van der Waals surface area (Å²) in [4.78, 5) is 14.4. The van der Waals surface area contributed by atoms with Gasteiger partial charge in [0.2, 0.25) is 0 Å². The quantitative estimate of drug-likeness (QED) is 0.513. The maximum atomic E-state index is 14.3. The molecule has 4 nitrogen and oxygen atoms in total. The Morgan fingerprint density at radius 2 is 2.16 bits per heavy atom. The minimum absolute atomic E-state index is 0.104. The van der Waals surface area contributed by atoms with E-state index in [2.05, 4.69) is 11.2 Å². The zero-order chi connectivity index (χ0) is 17.7. The predicted molar refractivity (Wildman–Crippen MR) is 90.3 cm³/mol. The Kier molecular flexibility index (Phi) is 3.68. The Hall–Kier alpha value is -2.54. The van der Waals surface area contributed by atoms with E-state index >= 15 is 0 Å². The molecule has 2 heterocycles. The van der Waals surface area contributed by atoms with Crippen molar-refractivity contribution in [3.8, 4) is 16.3 Å². The third-order valence-electron chi connectivity index (χ3n) is 4.10. The number of hydrogen-bond donors (Lipinski definition) is 0. The number of ether oxygens (including phenoxy) is 1. The minimum atomic E-state index is -0.734. The van der Waals surface area contributed by atoms with E-state index in [1.807, 2.05) is 6.92 Å². The average molecular weight is 360 g/mol. The van der Waals surface area contributed by atoms with E-state index in [1.165, 1.54) is 16.8 Å². The first-order chi connectivity index (χ1) is 12.0. The molecule has 0 unspecified atom stereocenters. The van der Waals surface area contributed by atoms with Crippen molar-refractivity contribution in [3.05, 3.63) is 57.6 Å². The van der Waals surface area contributed by atoms with Gasteiger partial charge in [-0.15, -0.1) is 11.3 Å². The number of halogens is 2. The molecule has 0 saturated carbocycles. The topological polar surface area (TPSA) is 44.1 Å². The molecule has 0 saturated heterocycles. The monoisotopic (exact) mass is 360 g/mol. The van der Waals surface area contributed by atoms with Crippen LogP contribution in [-0.4, -0.2) is 22.4 Å². The van der Waals surface area contributed by atoms with Crippen LogP contribution >= 0.6 is 11.3 Å². The number of nitrogens with zero attached hydrogens (tertiary/aromatic N) is 2. The molecular weight excluding hydrogens is 346 g/mol. The average Bonchev–Trinajstić information content (AvgIpc) is 3.17. The molecule has 128 valence electrons. The standard InChI is InChI=1S/C18H14F2N2O2S/c1-3-24-18(23)15-12-7-10-6-9(2)25-17(10)16(12)22(21-15)14-5-4-11(19)8-13(14)20/h4-6,8H,3,7H2,1-2H3. The van der Waals surface area contributed by atoms with Gasteiger partial charge in [0.15, 0.2) is 11.5 Å². The molecule has 3 aromatic rings. The van der Waals surface area contributed by atoms with E-state index in [1.54, 1.807) is 18.3 Å². The molecule has 25 heavy (non-hydrogen) atoms. The highest BCUT2D eigenvalue weighted by atomic mass is 32.1. The van der Waals surface area contributed by atoms with Crippen LogP contribution in [0.2, 0.25) is 0 Å². The molecule has 0 fully saturated rings. The molecule has 1 aliphatic rings. The number of aromatic nitrogens is 2. The highest BCUT2D eigenvalue weighted by Gasteiger charge is 2.33. The highest BCUT2D eigenvalue weighted by Crippen LogP contribution is 2.44. The van der Waals surface area contributed by atoms with Crippen LogP contribution in [0.5, 0.6) is 0 Å². The summed E-state index contributed by atoms with van der Waals surface area (Å²) in [5, 5.41) is 4.31. The zero-order valence-corrected chi connectivity index (χ0v) is 14.4. The fraction of sp³-hybridized carbons (Fsp3) is 0.222. The Bertz CT molecular complexity index is 1010. The fourth-order valence-corrected chi connectivity index (χ4v) is 4.22. The molecule has 0 spiro atoms. The molecule has 0 bridgehead atoms.